The van der Waals surface area contributed by atoms with Gasteiger partial charge in [0.05, 0.1) is 17.7 Å². The summed E-state index contributed by atoms with van der Waals surface area (Å²) in [5, 5.41) is 3.22. The maximum absolute atomic E-state index is 12.2. The van der Waals surface area contributed by atoms with E-state index >= 15 is 0 Å². The van der Waals surface area contributed by atoms with Crippen molar-refractivity contribution in [2.24, 2.45) is 0 Å². The Morgan fingerprint density at radius 3 is 2.20 bits per heavy atom. The van der Waals surface area contributed by atoms with E-state index in [2.05, 4.69) is 17.1 Å². The zero-order chi connectivity index (χ0) is 18.3. The molecule has 25 heavy (non-hydrogen) atoms. The minimum atomic E-state index is -3.53. The van der Waals surface area contributed by atoms with Gasteiger partial charge in [-0.25, -0.2) is 0 Å². The highest BCUT2D eigenvalue weighted by Crippen LogP contribution is 2.36. The molecule has 0 saturated heterocycles. The molecule has 138 valence electrons. The summed E-state index contributed by atoms with van der Waals surface area (Å²) in [6.45, 7) is -1.36. The van der Waals surface area contributed by atoms with Gasteiger partial charge in [-0.2, -0.15) is 0 Å². The molecule has 0 aliphatic carbocycles. The van der Waals surface area contributed by atoms with Crippen molar-refractivity contribution >= 4 is 30.3 Å². The molecule has 0 unspecified atom stereocenters. The molecule has 0 spiro atoms. The van der Waals surface area contributed by atoms with Gasteiger partial charge in [0, 0.05) is 6.54 Å². The summed E-state index contributed by atoms with van der Waals surface area (Å²) in [6.07, 6.45) is 3.26. The van der Waals surface area contributed by atoms with Gasteiger partial charge in [-0.15, -0.1) is 0 Å². The molecule has 3 N–H and O–H groups in total. The number of nitrogens with one attached hydrogen (secondary N) is 1. The van der Waals surface area contributed by atoms with Gasteiger partial charge in [0.2, 0.25) is 0 Å². The molecule has 0 radical (unpaired) electrons. The highest BCUT2D eigenvalue weighted by atomic mass is 32.5. The summed E-state index contributed by atoms with van der Waals surface area (Å²) < 4.78 is 4.71. The average molecular weight is 386 g/mol. The van der Waals surface area contributed by atoms with Crippen molar-refractivity contribution in [2.45, 2.75) is 25.7 Å². The van der Waals surface area contributed by atoms with E-state index in [9.17, 15) is 9.59 Å². The van der Waals surface area contributed by atoms with Crippen molar-refractivity contribution in [3.63, 3.8) is 0 Å². The maximum Gasteiger partial charge on any atom is 0.321 e. The van der Waals surface area contributed by atoms with Crippen LogP contribution in [0.4, 0.5) is 0 Å². The number of carbonyl (C=O) groups excluding carboxylic acids is 2. The Kier molecular flexibility index (Phi) is 7.68. The third-order valence-corrected chi connectivity index (χ3v) is 4.71. The van der Waals surface area contributed by atoms with Gasteiger partial charge in [-0.1, -0.05) is 18.6 Å². The highest BCUT2D eigenvalue weighted by Gasteiger charge is 2.34. The zero-order valence-electron chi connectivity index (χ0n) is 13.9. The Hall–Kier alpha value is -1.15. The van der Waals surface area contributed by atoms with Crippen molar-refractivity contribution in [2.75, 3.05) is 26.2 Å². The van der Waals surface area contributed by atoms with Gasteiger partial charge in [-0.05, 0) is 56.3 Å². The summed E-state index contributed by atoms with van der Waals surface area (Å²) in [5.74, 6) is -0.403. The molecule has 1 aromatic rings. The average Bonchev–Trinajstić information content (AvgIpc) is 2.80. The van der Waals surface area contributed by atoms with E-state index in [4.69, 9.17) is 14.3 Å². The fraction of sp³-hybridized carbons (Fsp3) is 0.500. The number of rotatable bonds is 11. The second-order valence-corrected chi connectivity index (χ2v) is 8.46. The molecule has 2 rings (SSSR count). The van der Waals surface area contributed by atoms with Crippen molar-refractivity contribution in [3.8, 4) is 0 Å². The summed E-state index contributed by atoms with van der Waals surface area (Å²) >= 11 is 4.35. The second kappa shape index (κ2) is 9.52. The van der Waals surface area contributed by atoms with Crippen LogP contribution in [0.5, 0.6) is 0 Å². The van der Waals surface area contributed by atoms with Crippen LogP contribution >= 0.6 is 6.72 Å². The van der Waals surface area contributed by atoms with E-state index in [1.165, 1.54) is 4.90 Å². The van der Waals surface area contributed by atoms with Crippen LogP contribution in [-0.4, -0.2) is 52.7 Å². The van der Waals surface area contributed by atoms with Crippen LogP contribution in [0.1, 0.15) is 46.4 Å². The molecule has 0 aromatic heterocycles. The molecule has 1 heterocycles. The van der Waals surface area contributed by atoms with Crippen LogP contribution < -0.4 is 5.32 Å². The zero-order valence-corrected chi connectivity index (χ0v) is 15.6. The lowest BCUT2D eigenvalue weighted by Crippen LogP contribution is -2.30. The normalized spacial score (nSPS) is 14.2. The van der Waals surface area contributed by atoms with Crippen LogP contribution in [0.25, 0.3) is 0 Å². The number of hydrogen-bond donors (Lipinski definition) is 3. The van der Waals surface area contributed by atoms with Crippen LogP contribution in [0.3, 0.4) is 0 Å². The number of benzene rings is 1. The predicted molar refractivity (Wildman–Crippen MR) is 97.8 cm³/mol. The monoisotopic (exact) mass is 386 g/mol. The molecule has 0 fully saturated rings. The highest BCUT2D eigenvalue weighted by molar-refractivity contribution is 8.06. The van der Waals surface area contributed by atoms with Gasteiger partial charge in [0.25, 0.3) is 11.8 Å². The van der Waals surface area contributed by atoms with Gasteiger partial charge in [0.15, 0.2) is 0 Å². The van der Waals surface area contributed by atoms with E-state index in [0.29, 0.717) is 30.6 Å². The number of fused-ring (bicyclic) bond motifs is 1. The smallest absolute Gasteiger partial charge is 0.321 e. The Morgan fingerprint density at radius 1 is 1.00 bits per heavy atom. The Morgan fingerprint density at radius 2 is 1.60 bits per heavy atom. The number of unbranched alkanes of at least 4 members (excludes halogenated alkanes) is 2. The van der Waals surface area contributed by atoms with Crippen LogP contribution in [-0.2, 0) is 16.3 Å². The fourth-order valence-electron chi connectivity index (χ4n) is 2.64. The summed E-state index contributed by atoms with van der Waals surface area (Å²) in [7, 11) is 0. The van der Waals surface area contributed by atoms with E-state index in [-0.39, 0.29) is 18.4 Å². The Labute approximate surface area is 152 Å². The molecule has 0 bridgehead atoms. The topological polar surface area (TPSA) is 99.1 Å². The first-order chi connectivity index (χ1) is 11.9. The molecular weight excluding hydrogens is 363 g/mol. The van der Waals surface area contributed by atoms with Gasteiger partial charge >= 0.3 is 6.72 Å². The van der Waals surface area contributed by atoms with Crippen molar-refractivity contribution in [1.29, 1.82) is 0 Å². The number of nitrogens with zero attached hydrogens (tertiary/aromatic N) is 1. The lowest BCUT2D eigenvalue weighted by molar-refractivity contribution is 0.0651. The number of amides is 2. The van der Waals surface area contributed by atoms with Crippen LogP contribution in [0.15, 0.2) is 24.3 Å². The molecule has 1 aromatic carbocycles. The molecule has 0 atom stereocenters. The lowest BCUT2D eigenvalue weighted by Gasteiger charge is -2.13. The van der Waals surface area contributed by atoms with E-state index in [1.54, 1.807) is 24.3 Å². The van der Waals surface area contributed by atoms with Crippen LogP contribution in [0.2, 0.25) is 0 Å². The van der Waals surface area contributed by atoms with E-state index < -0.39 is 6.72 Å². The fourth-order valence-corrected chi connectivity index (χ4v) is 3.24. The lowest BCUT2D eigenvalue weighted by atomic mass is 10.1. The minimum absolute atomic E-state index is 0.202. The third kappa shape index (κ3) is 6.26. The van der Waals surface area contributed by atoms with Gasteiger partial charge in [-0.3, -0.25) is 14.5 Å². The molecule has 1 aliphatic rings. The van der Waals surface area contributed by atoms with Crippen molar-refractivity contribution in [3.05, 3.63) is 35.4 Å². The molecule has 0 saturated carbocycles. The molecule has 9 heteroatoms. The van der Waals surface area contributed by atoms with Crippen LogP contribution in [0, 0.1) is 0 Å². The maximum atomic E-state index is 12.2. The third-order valence-electron chi connectivity index (χ3n) is 3.87. The Bertz CT molecular complexity index is 629. The molecule has 1 aliphatic heterocycles. The first kappa shape index (κ1) is 20.2. The van der Waals surface area contributed by atoms with Crippen molar-refractivity contribution in [1.82, 2.24) is 10.2 Å². The molecule has 2 amide bonds. The van der Waals surface area contributed by atoms with Gasteiger partial charge in [0.1, 0.15) is 0 Å². The summed E-state index contributed by atoms with van der Waals surface area (Å²) in [5.41, 5.74) is 0.986. The SMILES string of the molecule is O=C1c2ccccc2C(=O)N1CCCCCNCCCOP(O)(O)=S. The standard InChI is InChI=1S/C16H23N2O5PS/c19-15-13-7-2-3-8-14(13)16(20)18(15)11-5-1-4-9-17-10-6-12-23-24(21,22)25/h2-3,7-8,17H,1,4-6,9-12H2,(H2,21,22,25). The predicted octanol–water partition coefficient (Wildman–Crippen LogP) is 1.66. The molecular formula is C16H23N2O5PS. The second-order valence-electron chi connectivity index (χ2n) is 5.80. The largest absolute Gasteiger partial charge is 0.325 e. The summed E-state index contributed by atoms with van der Waals surface area (Å²) in [6, 6.07) is 6.91. The first-order valence-corrected chi connectivity index (χ1v) is 10.9. The van der Waals surface area contributed by atoms with Crippen molar-refractivity contribution < 1.29 is 23.9 Å². The van der Waals surface area contributed by atoms with Gasteiger partial charge < -0.3 is 19.6 Å². The number of hydrogen-bond acceptors (Lipinski definition) is 5. The van der Waals surface area contributed by atoms with E-state index in [1.807, 2.05) is 0 Å². The first-order valence-electron chi connectivity index (χ1n) is 8.26. The van der Waals surface area contributed by atoms with E-state index in [0.717, 1.165) is 25.8 Å². The molecule has 7 nitrogen and oxygen atoms in total. The minimum Gasteiger partial charge on any atom is -0.325 e. The number of imide groups is 1. The number of carbonyl (C=O) groups is 2. The quantitative estimate of drug-likeness (QED) is 0.302. The Balaban J connectivity index is 1.54. The summed E-state index contributed by atoms with van der Waals surface area (Å²) in [4.78, 5) is 43.5.